The molecule has 296 valence electrons. The molecule has 1 atom stereocenters. The number of H-pyrrole nitrogens is 1. The standard InChI is InChI=1S/C41H44N8O8/c1-24(2)28-21-29(35(51)22-34(28)50)38-44-45-41(56)49(38)26-9-10-32-25(20-26)13-15-47(32)17-19-57-18-16-46(3)37(53)8-5-14-42-31-7-4-6-27-30(31)23-48(40(27)55)33-11-12-36(52)43-39(33)54/h4,6-7,9-10,13-15,20-22,24,33,50-51H,5,8,11-12,16-19,23H2,1-3H3,(H,45,56)(H,43,52,54). The zero-order valence-electron chi connectivity index (χ0n) is 31.9. The Hall–Kier alpha value is -6.55. The summed E-state index contributed by atoms with van der Waals surface area (Å²) in [7, 11) is 1.72. The van der Waals surface area contributed by atoms with Gasteiger partial charge in [0.25, 0.3) is 5.91 Å². The van der Waals surface area contributed by atoms with Crippen molar-refractivity contribution in [3.05, 3.63) is 88.0 Å². The molecule has 0 saturated carbocycles. The number of ether oxygens (including phenoxy) is 1. The van der Waals surface area contributed by atoms with Gasteiger partial charge in [-0.1, -0.05) is 19.9 Å². The van der Waals surface area contributed by atoms with Crippen molar-refractivity contribution in [3.63, 3.8) is 0 Å². The normalized spacial score (nSPS) is 15.6. The van der Waals surface area contributed by atoms with Gasteiger partial charge in [0.1, 0.15) is 17.5 Å². The van der Waals surface area contributed by atoms with Crippen molar-refractivity contribution in [1.29, 1.82) is 0 Å². The maximum Gasteiger partial charge on any atom is 0.348 e. The number of aromatic amines is 1. The Morgan fingerprint density at radius 2 is 1.88 bits per heavy atom. The molecule has 57 heavy (non-hydrogen) atoms. The number of amides is 4. The second kappa shape index (κ2) is 16.3. The van der Waals surface area contributed by atoms with E-state index >= 15 is 0 Å². The second-order valence-electron chi connectivity index (χ2n) is 14.5. The van der Waals surface area contributed by atoms with E-state index in [1.54, 1.807) is 48.5 Å². The lowest BCUT2D eigenvalue weighted by atomic mass is 9.98. The van der Waals surface area contributed by atoms with Crippen LogP contribution >= 0.6 is 0 Å². The number of imide groups is 1. The Labute approximate surface area is 327 Å². The molecule has 16 heteroatoms. The minimum atomic E-state index is -0.702. The van der Waals surface area contributed by atoms with Gasteiger partial charge in [-0.25, -0.2) is 14.5 Å². The maximum absolute atomic E-state index is 13.1. The zero-order valence-corrected chi connectivity index (χ0v) is 31.9. The fourth-order valence-electron chi connectivity index (χ4n) is 7.30. The van der Waals surface area contributed by atoms with E-state index in [4.69, 9.17) is 4.74 Å². The van der Waals surface area contributed by atoms with Crippen LogP contribution in [0.2, 0.25) is 0 Å². The molecule has 4 amide bonds. The Balaban J connectivity index is 0.880. The molecule has 2 aliphatic heterocycles. The van der Waals surface area contributed by atoms with Gasteiger partial charge in [-0.3, -0.25) is 29.5 Å². The number of likely N-dealkylation sites (N-methyl/N-ethyl adjacent to an activating group) is 1. The highest BCUT2D eigenvalue weighted by Gasteiger charge is 2.39. The van der Waals surface area contributed by atoms with Crippen LogP contribution in [0, 0.1) is 0 Å². The summed E-state index contributed by atoms with van der Waals surface area (Å²) in [6.07, 6.45) is 4.71. The number of carbonyl (C=O) groups is 4. The number of aromatic hydroxyl groups is 2. The lowest BCUT2D eigenvalue weighted by Gasteiger charge is -2.29. The molecule has 1 unspecified atom stereocenters. The molecule has 2 aliphatic rings. The molecular weight excluding hydrogens is 732 g/mol. The van der Waals surface area contributed by atoms with Crippen molar-refractivity contribution < 1.29 is 34.1 Å². The second-order valence-corrected chi connectivity index (χ2v) is 14.5. The first-order valence-electron chi connectivity index (χ1n) is 18.8. The van der Waals surface area contributed by atoms with E-state index < -0.39 is 17.6 Å². The summed E-state index contributed by atoms with van der Waals surface area (Å²) in [5.74, 6) is -1.15. The zero-order chi connectivity index (χ0) is 40.4. The van der Waals surface area contributed by atoms with Gasteiger partial charge in [0.15, 0.2) is 5.82 Å². The van der Waals surface area contributed by atoms with Crippen molar-refractivity contribution in [3.8, 4) is 28.6 Å². The van der Waals surface area contributed by atoms with Crippen LogP contribution in [0.3, 0.4) is 0 Å². The number of aromatic nitrogens is 4. The third-order valence-corrected chi connectivity index (χ3v) is 10.4. The van der Waals surface area contributed by atoms with Crippen molar-refractivity contribution >= 4 is 46.4 Å². The van der Waals surface area contributed by atoms with E-state index in [1.165, 1.54) is 15.5 Å². The van der Waals surface area contributed by atoms with E-state index in [1.807, 2.05) is 42.8 Å². The monoisotopic (exact) mass is 776 g/mol. The van der Waals surface area contributed by atoms with E-state index in [-0.39, 0.29) is 66.8 Å². The minimum absolute atomic E-state index is 0.0211. The largest absolute Gasteiger partial charge is 0.508 e. The summed E-state index contributed by atoms with van der Waals surface area (Å²) in [6.45, 7) is 5.80. The number of carbonyl (C=O) groups excluding carboxylic acids is 4. The molecule has 0 spiro atoms. The molecule has 0 bridgehead atoms. The Morgan fingerprint density at radius 1 is 1.05 bits per heavy atom. The third-order valence-electron chi connectivity index (χ3n) is 10.4. The lowest BCUT2D eigenvalue weighted by Crippen LogP contribution is -2.52. The first kappa shape index (κ1) is 38.7. The molecule has 3 aromatic carbocycles. The highest BCUT2D eigenvalue weighted by atomic mass is 16.5. The topological polar surface area (TPSA) is 204 Å². The average Bonchev–Trinajstić information content (AvgIpc) is 3.87. The molecule has 4 heterocycles. The molecule has 2 aromatic heterocycles. The number of nitrogens with one attached hydrogen (secondary N) is 2. The van der Waals surface area contributed by atoms with E-state index in [0.29, 0.717) is 60.8 Å². The molecule has 16 nitrogen and oxygen atoms in total. The molecule has 4 N–H and O–H groups in total. The number of phenols is 2. The Morgan fingerprint density at radius 3 is 2.67 bits per heavy atom. The first-order valence-corrected chi connectivity index (χ1v) is 18.8. The number of phenolic OH excluding ortho intramolecular Hbond substituents is 2. The highest BCUT2D eigenvalue weighted by molar-refractivity contribution is 6.06. The van der Waals surface area contributed by atoms with Crippen LogP contribution in [0.25, 0.3) is 28.0 Å². The number of benzene rings is 3. The van der Waals surface area contributed by atoms with Crippen LogP contribution < -0.4 is 11.0 Å². The molecule has 0 aliphatic carbocycles. The SMILES string of the molecule is CC(C)c1cc(-c2n[nH]c(=O)n2-c2ccc3c(ccn3CCOCCN(C)C(=O)CCC=Nc3cccc4c3CN(C3CCC(=O)NC3=O)C4=O)c2)c(O)cc1O. The number of fused-ring (bicyclic) bond motifs is 2. The number of hydrogen-bond donors (Lipinski definition) is 4. The predicted octanol–water partition coefficient (Wildman–Crippen LogP) is 4.14. The number of nitrogens with zero attached hydrogens (tertiary/aromatic N) is 6. The molecule has 1 fully saturated rings. The van der Waals surface area contributed by atoms with Crippen LogP contribution in [0.15, 0.2) is 70.6 Å². The Kier molecular flexibility index (Phi) is 11.1. The molecule has 5 aromatic rings. The van der Waals surface area contributed by atoms with Gasteiger partial charge in [-0.05, 0) is 66.8 Å². The van der Waals surface area contributed by atoms with Gasteiger partial charge >= 0.3 is 5.69 Å². The van der Waals surface area contributed by atoms with E-state index in [2.05, 4.69) is 20.5 Å². The van der Waals surface area contributed by atoms with Crippen LogP contribution in [-0.2, 0) is 32.2 Å². The average molecular weight is 777 g/mol. The fraction of sp³-hybridized carbons (Fsp3) is 0.341. The van der Waals surface area contributed by atoms with E-state index in [9.17, 15) is 34.2 Å². The number of piperidine rings is 1. The summed E-state index contributed by atoms with van der Waals surface area (Å²) >= 11 is 0. The van der Waals surface area contributed by atoms with Gasteiger partial charge in [0.2, 0.25) is 17.7 Å². The molecule has 7 rings (SSSR count). The summed E-state index contributed by atoms with van der Waals surface area (Å²) in [5.41, 5.74) is 3.77. The number of rotatable bonds is 14. The molecule has 0 radical (unpaired) electrons. The van der Waals surface area contributed by atoms with Crippen LogP contribution in [0.4, 0.5) is 5.69 Å². The summed E-state index contributed by atoms with van der Waals surface area (Å²) in [5, 5.41) is 30.8. The van der Waals surface area contributed by atoms with Crippen LogP contribution in [0.1, 0.15) is 66.9 Å². The quantitative estimate of drug-likeness (QED) is 0.0726. The van der Waals surface area contributed by atoms with Crippen LogP contribution in [0.5, 0.6) is 11.5 Å². The summed E-state index contributed by atoms with van der Waals surface area (Å²) < 4.78 is 9.30. The smallest absolute Gasteiger partial charge is 0.348 e. The Bertz CT molecular complexity index is 2460. The predicted molar refractivity (Wildman–Crippen MR) is 211 cm³/mol. The van der Waals surface area contributed by atoms with Crippen molar-refractivity contribution in [1.82, 2.24) is 34.4 Å². The highest BCUT2D eigenvalue weighted by Crippen LogP contribution is 2.38. The van der Waals surface area contributed by atoms with Crippen molar-refractivity contribution in [2.24, 2.45) is 4.99 Å². The van der Waals surface area contributed by atoms with Gasteiger partial charge < -0.3 is 29.3 Å². The maximum atomic E-state index is 13.1. The summed E-state index contributed by atoms with van der Waals surface area (Å²) in [4.78, 5) is 70.4. The third kappa shape index (κ3) is 7.94. The number of aliphatic imine (C=N–C) groups is 1. The van der Waals surface area contributed by atoms with E-state index in [0.717, 1.165) is 16.5 Å². The summed E-state index contributed by atoms with van der Waals surface area (Å²) in [6, 6.07) is 15.0. The molecule has 1 saturated heterocycles. The van der Waals surface area contributed by atoms with Gasteiger partial charge in [-0.15, -0.1) is 0 Å². The van der Waals surface area contributed by atoms with Gasteiger partial charge in [0, 0.05) is 80.0 Å². The first-order chi connectivity index (χ1) is 27.4. The van der Waals surface area contributed by atoms with Crippen molar-refractivity contribution in [2.45, 2.75) is 64.6 Å². The fourth-order valence-corrected chi connectivity index (χ4v) is 7.30. The number of hydrogen-bond acceptors (Lipinski definition) is 10. The van der Waals surface area contributed by atoms with Crippen molar-refractivity contribution in [2.75, 3.05) is 26.8 Å². The minimum Gasteiger partial charge on any atom is -0.508 e. The van der Waals surface area contributed by atoms with Crippen LogP contribution in [-0.4, -0.2) is 102 Å². The lowest BCUT2D eigenvalue weighted by molar-refractivity contribution is -0.137. The van der Waals surface area contributed by atoms with Gasteiger partial charge in [-0.2, -0.15) is 5.10 Å². The van der Waals surface area contributed by atoms with Gasteiger partial charge in [0.05, 0.1) is 30.2 Å². The molecular formula is C41H44N8O8.